The smallest absolute Gasteiger partial charge is 0.257 e. The van der Waals surface area contributed by atoms with E-state index in [9.17, 15) is 9.59 Å². The van der Waals surface area contributed by atoms with Crippen molar-refractivity contribution in [2.75, 3.05) is 31.6 Å². The van der Waals surface area contributed by atoms with Gasteiger partial charge >= 0.3 is 0 Å². The SMILES string of the molecule is O=C(Nc1ccc(Cl)c(-c2ccccn2)c1)c1ccc(C(=O)N2CCOCC2)cc1Cl. The number of morpholine rings is 1. The zero-order valence-corrected chi connectivity index (χ0v) is 18.0. The number of nitrogens with zero attached hydrogens (tertiary/aromatic N) is 2. The van der Waals surface area contributed by atoms with Crippen LogP contribution in [0.4, 0.5) is 5.69 Å². The molecule has 3 aromatic rings. The van der Waals surface area contributed by atoms with Crippen LogP contribution >= 0.6 is 23.2 Å². The van der Waals surface area contributed by atoms with Crippen molar-refractivity contribution in [3.05, 3.63) is 82.0 Å². The van der Waals surface area contributed by atoms with Gasteiger partial charge in [-0.2, -0.15) is 0 Å². The molecule has 31 heavy (non-hydrogen) atoms. The van der Waals surface area contributed by atoms with Crippen LogP contribution in [-0.4, -0.2) is 48.0 Å². The van der Waals surface area contributed by atoms with E-state index in [1.54, 1.807) is 41.4 Å². The monoisotopic (exact) mass is 455 g/mol. The third-order valence-electron chi connectivity index (χ3n) is 4.92. The number of aromatic nitrogens is 1. The molecule has 2 amide bonds. The van der Waals surface area contributed by atoms with E-state index >= 15 is 0 Å². The maximum atomic E-state index is 12.8. The van der Waals surface area contributed by atoms with Crippen molar-refractivity contribution < 1.29 is 14.3 Å². The molecule has 0 saturated carbocycles. The Morgan fingerprint density at radius 1 is 0.968 bits per heavy atom. The molecule has 0 atom stereocenters. The second-order valence-corrected chi connectivity index (χ2v) is 7.78. The van der Waals surface area contributed by atoms with Crippen LogP contribution in [0.15, 0.2) is 60.8 Å². The average molecular weight is 456 g/mol. The topological polar surface area (TPSA) is 71.5 Å². The van der Waals surface area contributed by atoms with E-state index in [0.29, 0.717) is 53.8 Å². The lowest BCUT2D eigenvalue weighted by Crippen LogP contribution is -2.40. The van der Waals surface area contributed by atoms with Crippen LogP contribution in [-0.2, 0) is 4.74 Å². The summed E-state index contributed by atoms with van der Waals surface area (Å²) in [4.78, 5) is 31.4. The number of rotatable bonds is 4. The fourth-order valence-corrected chi connectivity index (χ4v) is 3.78. The number of amides is 2. The Labute approximate surface area is 189 Å². The standard InChI is InChI=1S/C23H19Cl2N3O3/c24-19-7-5-16(14-18(19)21-3-1-2-8-26-21)27-22(29)17-6-4-15(13-20(17)25)23(30)28-9-11-31-12-10-28/h1-8,13-14H,9-12H2,(H,27,29). The summed E-state index contributed by atoms with van der Waals surface area (Å²) in [5.41, 5.74) is 2.67. The molecule has 1 fully saturated rings. The van der Waals surface area contributed by atoms with E-state index in [0.717, 1.165) is 0 Å². The quantitative estimate of drug-likeness (QED) is 0.614. The fourth-order valence-electron chi connectivity index (χ4n) is 3.30. The number of ether oxygens (including phenoxy) is 1. The first-order valence-corrected chi connectivity index (χ1v) is 10.5. The maximum absolute atomic E-state index is 12.8. The summed E-state index contributed by atoms with van der Waals surface area (Å²) in [6.07, 6.45) is 1.68. The van der Waals surface area contributed by atoms with Crippen molar-refractivity contribution in [1.29, 1.82) is 0 Å². The number of halogens is 2. The Balaban J connectivity index is 1.52. The molecule has 2 aromatic carbocycles. The molecule has 0 aliphatic carbocycles. The van der Waals surface area contributed by atoms with Gasteiger partial charge in [-0.1, -0.05) is 29.3 Å². The van der Waals surface area contributed by atoms with Crippen molar-refractivity contribution in [3.63, 3.8) is 0 Å². The van der Waals surface area contributed by atoms with Crippen LogP contribution < -0.4 is 5.32 Å². The van der Waals surface area contributed by atoms with Gasteiger partial charge in [0.05, 0.1) is 34.5 Å². The third kappa shape index (κ3) is 4.88. The van der Waals surface area contributed by atoms with Gasteiger partial charge in [-0.3, -0.25) is 14.6 Å². The minimum atomic E-state index is -0.385. The molecule has 1 N–H and O–H groups in total. The molecule has 4 rings (SSSR count). The van der Waals surface area contributed by atoms with Gasteiger partial charge in [-0.05, 0) is 48.5 Å². The van der Waals surface area contributed by atoms with Crippen LogP contribution in [0.3, 0.4) is 0 Å². The highest BCUT2D eigenvalue weighted by molar-refractivity contribution is 6.35. The molecule has 0 spiro atoms. The number of nitrogens with one attached hydrogen (secondary N) is 1. The van der Waals surface area contributed by atoms with Crippen LogP contribution in [0.5, 0.6) is 0 Å². The molecule has 0 bridgehead atoms. The summed E-state index contributed by atoms with van der Waals surface area (Å²) in [5, 5.41) is 3.56. The minimum Gasteiger partial charge on any atom is -0.378 e. The summed E-state index contributed by atoms with van der Waals surface area (Å²) in [6, 6.07) is 15.4. The van der Waals surface area contributed by atoms with E-state index in [4.69, 9.17) is 27.9 Å². The third-order valence-corrected chi connectivity index (χ3v) is 5.57. The van der Waals surface area contributed by atoms with Gasteiger partial charge < -0.3 is 15.0 Å². The summed E-state index contributed by atoms with van der Waals surface area (Å²) >= 11 is 12.6. The molecule has 6 nitrogen and oxygen atoms in total. The van der Waals surface area contributed by atoms with Crippen LogP contribution in [0.25, 0.3) is 11.3 Å². The Kier molecular flexibility index (Phi) is 6.51. The summed E-state index contributed by atoms with van der Waals surface area (Å²) < 4.78 is 5.28. The number of hydrogen-bond donors (Lipinski definition) is 1. The summed E-state index contributed by atoms with van der Waals surface area (Å²) in [7, 11) is 0. The van der Waals surface area contributed by atoms with E-state index in [2.05, 4.69) is 10.3 Å². The molecule has 1 aromatic heterocycles. The number of carbonyl (C=O) groups is 2. The number of pyridine rings is 1. The molecular formula is C23H19Cl2N3O3. The van der Waals surface area contributed by atoms with Gasteiger partial charge in [0.25, 0.3) is 11.8 Å². The summed E-state index contributed by atoms with van der Waals surface area (Å²) in [6.45, 7) is 2.10. The predicted molar refractivity (Wildman–Crippen MR) is 121 cm³/mol. The van der Waals surface area contributed by atoms with Crippen molar-refractivity contribution in [2.45, 2.75) is 0 Å². The van der Waals surface area contributed by atoms with Gasteiger partial charge in [0.1, 0.15) is 0 Å². The van der Waals surface area contributed by atoms with Crippen molar-refractivity contribution in [3.8, 4) is 11.3 Å². The van der Waals surface area contributed by atoms with E-state index in [1.165, 1.54) is 6.07 Å². The lowest BCUT2D eigenvalue weighted by Gasteiger charge is -2.27. The molecule has 1 aliphatic rings. The van der Waals surface area contributed by atoms with Gasteiger partial charge in [0.15, 0.2) is 0 Å². The fraction of sp³-hybridized carbons (Fsp3) is 0.174. The number of hydrogen-bond acceptors (Lipinski definition) is 4. The summed E-state index contributed by atoms with van der Waals surface area (Å²) in [5.74, 6) is -0.514. The highest BCUT2D eigenvalue weighted by atomic mass is 35.5. The van der Waals surface area contributed by atoms with Gasteiger partial charge in [-0.25, -0.2) is 0 Å². The predicted octanol–water partition coefficient (Wildman–Crippen LogP) is 4.78. The maximum Gasteiger partial charge on any atom is 0.257 e. The first-order valence-electron chi connectivity index (χ1n) is 9.72. The van der Waals surface area contributed by atoms with Crippen molar-refractivity contribution in [1.82, 2.24) is 9.88 Å². The lowest BCUT2D eigenvalue weighted by atomic mass is 10.1. The van der Waals surface area contributed by atoms with Crippen molar-refractivity contribution >= 4 is 40.7 Å². The van der Waals surface area contributed by atoms with Crippen LogP contribution in [0.2, 0.25) is 10.0 Å². The largest absolute Gasteiger partial charge is 0.378 e. The van der Waals surface area contributed by atoms with E-state index in [-0.39, 0.29) is 22.4 Å². The molecule has 1 saturated heterocycles. The molecule has 1 aliphatic heterocycles. The Bertz CT molecular complexity index is 1120. The minimum absolute atomic E-state index is 0.130. The second kappa shape index (κ2) is 9.47. The first kappa shape index (κ1) is 21.3. The Morgan fingerprint density at radius 2 is 1.77 bits per heavy atom. The lowest BCUT2D eigenvalue weighted by molar-refractivity contribution is 0.0303. The second-order valence-electron chi connectivity index (χ2n) is 6.96. The number of benzene rings is 2. The van der Waals surface area contributed by atoms with Gasteiger partial charge in [0.2, 0.25) is 0 Å². The zero-order chi connectivity index (χ0) is 21.8. The number of carbonyl (C=O) groups excluding carboxylic acids is 2. The Hall–Kier alpha value is -2.93. The highest BCUT2D eigenvalue weighted by Crippen LogP contribution is 2.30. The molecule has 8 heteroatoms. The molecular weight excluding hydrogens is 437 g/mol. The van der Waals surface area contributed by atoms with E-state index < -0.39 is 0 Å². The van der Waals surface area contributed by atoms with Gasteiger partial charge in [-0.15, -0.1) is 0 Å². The Morgan fingerprint density at radius 3 is 2.48 bits per heavy atom. The average Bonchev–Trinajstić information content (AvgIpc) is 2.80. The van der Waals surface area contributed by atoms with Crippen LogP contribution in [0, 0.1) is 0 Å². The van der Waals surface area contributed by atoms with Crippen molar-refractivity contribution in [2.24, 2.45) is 0 Å². The highest BCUT2D eigenvalue weighted by Gasteiger charge is 2.20. The molecule has 0 unspecified atom stereocenters. The van der Waals surface area contributed by atoms with Crippen LogP contribution in [0.1, 0.15) is 20.7 Å². The van der Waals surface area contributed by atoms with Gasteiger partial charge in [0, 0.05) is 36.1 Å². The normalized spacial score (nSPS) is 13.7. The zero-order valence-electron chi connectivity index (χ0n) is 16.5. The molecule has 0 radical (unpaired) electrons. The number of anilines is 1. The first-order chi connectivity index (χ1) is 15.0. The molecule has 2 heterocycles. The van der Waals surface area contributed by atoms with E-state index in [1.807, 2.05) is 18.2 Å². The molecule has 158 valence electrons.